The van der Waals surface area contributed by atoms with Gasteiger partial charge in [-0.15, -0.1) is 0 Å². The number of hydrogen-bond acceptors (Lipinski definition) is 3. The summed E-state index contributed by atoms with van der Waals surface area (Å²) in [5.74, 6) is -0.00435. The molecule has 0 radical (unpaired) electrons. The summed E-state index contributed by atoms with van der Waals surface area (Å²) in [6, 6.07) is 0. The summed E-state index contributed by atoms with van der Waals surface area (Å²) in [5, 5.41) is 3.20. The van der Waals surface area contributed by atoms with Crippen LogP contribution in [-0.4, -0.2) is 60.9 Å². The predicted octanol–water partition coefficient (Wildman–Crippen LogP) is -0.179. The Bertz CT molecular complexity index is 253. The van der Waals surface area contributed by atoms with Crippen molar-refractivity contribution >= 4 is 11.8 Å². The van der Waals surface area contributed by atoms with E-state index in [4.69, 9.17) is 0 Å². The fourth-order valence-electron chi connectivity index (χ4n) is 2.41. The van der Waals surface area contributed by atoms with Gasteiger partial charge in [0.1, 0.15) is 6.42 Å². The summed E-state index contributed by atoms with van der Waals surface area (Å²) in [7, 11) is 0. The largest absolute Gasteiger partial charge is 0.342 e. The first-order chi connectivity index (χ1) is 8.27. The molecule has 2 aliphatic heterocycles. The molecular formula is C12H21N3O2. The molecule has 2 aliphatic rings. The zero-order valence-electron chi connectivity index (χ0n) is 10.3. The fourth-order valence-corrected chi connectivity index (χ4v) is 2.41. The van der Waals surface area contributed by atoms with Crippen LogP contribution in [-0.2, 0) is 9.59 Å². The van der Waals surface area contributed by atoms with Gasteiger partial charge in [-0.3, -0.25) is 9.59 Å². The van der Waals surface area contributed by atoms with Gasteiger partial charge in [0, 0.05) is 39.3 Å². The average Bonchev–Trinajstić information content (AvgIpc) is 2.40. The lowest BCUT2D eigenvalue weighted by Crippen LogP contribution is -2.48. The maximum atomic E-state index is 11.9. The second kappa shape index (κ2) is 6.00. The number of amides is 2. The van der Waals surface area contributed by atoms with Crippen LogP contribution in [0.3, 0.4) is 0 Å². The van der Waals surface area contributed by atoms with Crippen LogP contribution in [0, 0.1) is 0 Å². The molecule has 96 valence electrons. The number of nitrogens with one attached hydrogen (secondary N) is 1. The maximum absolute atomic E-state index is 11.9. The molecule has 2 saturated heterocycles. The van der Waals surface area contributed by atoms with Gasteiger partial charge in [-0.25, -0.2) is 0 Å². The summed E-state index contributed by atoms with van der Waals surface area (Å²) < 4.78 is 0. The van der Waals surface area contributed by atoms with Gasteiger partial charge in [0.25, 0.3) is 0 Å². The highest BCUT2D eigenvalue weighted by Gasteiger charge is 2.23. The van der Waals surface area contributed by atoms with Crippen molar-refractivity contribution in [2.45, 2.75) is 25.7 Å². The van der Waals surface area contributed by atoms with Gasteiger partial charge in [-0.05, 0) is 19.3 Å². The fraction of sp³-hybridized carbons (Fsp3) is 0.833. The molecule has 0 saturated carbocycles. The molecule has 0 aromatic rings. The lowest BCUT2D eigenvalue weighted by atomic mass is 10.1. The van der Waals surface area contributed by atoms with Crippen LogP contribution in [0.15, 0.2) is 0 Å². The van der Waals surface area contributed by atoms with Gasteiger partial charge in [-0.1, -0.05) is 0 Å². The topological polar surface area (TPSA) is 52.7 Å². The summed E-state index contributed by atoms with van der Waals surface area (Å²) >= 11 is 0. The smallest absolute Gasteiger partial charge is 0.232 e. The van der Waals surface area contributed by atoms with E-state index in [1.807, 2.05) is 4.90 Å². The summed E-state index contributed by atoms with van der Waals surface area (Å²) in [6.45, 7) is 4.78. The van der Waals surface area contributed by atoms with Gasteiger partial charge in [0.05, 0.1) is 0 Å². The van der Waals surface area contributed by atoms with Crippen molar-refractivity contribution < 1.29 is 9.59 Å². The van der Waals surface area contributed by atoms with Crippen LogP contribution < -0.4 is 5.32 Å². The third-order valence-electron chi connectivity index (χ3n) is 3.48. The van der Waals surface area contributed by atoms with E-state index < -0.39 is 0 Å². The normalized spacial score (nSPS) is 21.4. The van der Waals surface area contributed by atoms with E-state index in [2.05, 4.69) is 5.32 Å². The van der Waals surface area contributed by atoms with Gasteiger partial charge < -0.3 is 15.1 Å². The van der Waals surface area contributed by atoms with Crippen LogP contribution >= 0.6 is 0 Å². The molecule has 0 aromatic carbocycles. The van der Waals surface area contributed by atoms with E-state index in [1.54, 1.807) is 4.90 Å². The highest BCUT2D eigenvalue weighted by Crippen LogP contribution is 2.10. The number of nitrogens with zero attached hydrogens (tertiary/aromatic N) is 2. The molecule has 0 bridgehead atoms. The quantitative estimate of drug-likeness (QED) is 0.680. The number of piperidine rings is 1. The van der Waals surface area contributed by atoms with E-state index in [1.165, 1.54) is 6.42 Å². The van der Waals surface area contributed by atoms with Gasteiger partial charge in [0.2, 0.25) is 11.8 Å². The minimum Gasteiger partial charge on any atom is -0.342 e. The first-order valence-electron chi connectivity index (χ1n) is 6.53. The molecule has 0 aliphatic carbocycles. The van der Waals surface area contributed by atoms with Gasteiger partial charge in [0.15, 0.2) is 0 Å². The lowest BCUT2D eigenvalue weighted by Gasteiger charge is -2.30. The summed E-state index contributed by atoms with van der Waals surface area (Å²) in [6.07, 6.45) is 3.41. The minimum absolute atomic E-state index is 0.00762. The van der Waals surface area contributed by atoms with Crippen molar-refractivity contribution in [3.05, 3.63) is 0 Å². The van der Waals surface area contributed by atoms with E-state index in [0.717, 1.165) is 52.1 Å². The second-order valence-corrected chi connectivity index (χ2v) is 4.75. The van der Waals surface area contributed by atoms with Crippen LogP contribution in [0.25, 0.3) is 0 Å². The highest BCUT2D eigenvalue weighted by molar-refractivity contribution is 5.97. The Hall–Kier alpha value is -1.10. The summed E-state index contributed by atoms with van der Waals surface area (Å²) in [4.78, 5) is 27.4. The van der Waals surface area contributed by atoms with Crippen molar-refractivity contribution in [3.63, 3.8) is 0 Å². The van der Waals surface area contributed by atoms with E-state index >= 15 is 0 Å². The summed E-state index contributed by atoms with van der Waals surface area (Å²) in [5.41, 5.74) is 0. The Morgan fingerprint density at radius 2 is 1.35 bits per heavy atom. The SMILES string of the molecule is O=C(CC(=O)N1CCNCC1)N1CCCCC1. The lowest BCUT2D eigenvalue weighted by molar-refractivity contribution is -0.141. The number of rotatable bonds is 2. The molecule has 1 N–H and O–H groups in total. The van der Waals surface area contributed by atoms with Crippen molar-refractivity contribution in [1.29, 1.82) is 0 Å². The van der Waals surface area contributed by atoms with E-state index in [0.29, 0.717) is 0 Å². The number of piperazine rings is 1. The number of carbonyl (C=O) groups excluding carboxylic acids is 2. The predicted molar refractivity (Wildman–Crippen MR) is 64.5 cm³/mol. The van der Waals surface area contributed by atoms with E-state index in [-0.39, 0.29) is 18.2 Å². The van der Waals surface area contributed by atoms with E-state index in [9.17, 15) is 9.59 Å². The number of hydrogen-bond donors (Lipinski definition) is 1. The van der Waals surface area contributed by atoms with Crippen LogP contribution in [0.2, 0.25) is 0 Å². The van der Waals surface area contributed by atoms with Crippen molar-refractivity contribution in [2.24, 2.45) is 0 Å². The van der Waals surface area contributed by atoms with Crippen molar-refractivity contribution in [3.8, 4) is 0 Å². The van der Waals surface area contributed by atoms with Gasteiger partial charge in [-0.2, -0.15) is 0 Å². The average molecular weight is 239 g/mol. The third-order valence-corrected chi connectivity index (χ3v) is 3.48. The Labute approximate surface area is 102 Å². The standard InChI is InChI=1S/C12H21N3O2/c16-11(14-6-2-1-3-7-14)10-12(17)15-8-4-13-5-9-15/h13H,1-10H2. The zero-order valence-corrected chi connectivity index (χ0v) is 10.3. The molecular weight excluding hydrogens is 218 g/mol. The Morgan fingerprint density at radius 3 is 1.94 bits per heavy atom. The first kappa shape index (κ1) is 12.4. The Morgan fingerprint density at radius 1 is 0.824 bits per heavy atom. The van der Waals surface area contributed by atoms with Gasteiger partial charge >= 0.3 is 0 Å². The van der Waals surface area contributed by atoms with Crippen LogP contribution in [0.4, 0.5) is 0 Å². The molecule has 0 spiro atoms. The molecule has 0 unspecified atom stereocenters. The van der Waals surface area contributed by atoms with Crippen LogP contribution in [0.1, 0.15) is 25.7 Å². The van der Waals surface area contributed by atoms with Crippen molar-refractivity contribution in [2.75, 3.05) is 39.3 Å². The first-order valence-corrected chi connectivity index (χ1v) is 6.53. The zero-order chi connectivity index (χ0) is 12.1. The number of likely N-dealkylation sites (tertiary alicyclic amines) is 1. The molecule has 17 heavy (non-hydrogen) atoms. The van der Waals surface area contributed by atoms with Crippen LogP contribution in [0.5, 0.6) is 0 Å². The Balaban J connectivity index is 1.78. The third kappa shape index (κ3) is 3.43. The molecule has 5 nitrogen and oxygen atoms in total. The minimum atomic E-state index is -0.0120. The highest BCUT2D eigenvalue weighted by atomic mass is 16.2. The molecule has 0 aromatic heterocycles. The molecule has 2 fully saturated rings. The Kier molecular flexibility index (Phi) is 4.36. The van der Waals surface area contributed by atoms with Crippen molar-refractivity contribution in [1.82, 2.24) is 15.1 Å². The molecule has 2 rings (SSSR count). The monoisotopic (exact) mass is 239 g/mol. The molecule has 5 heteroatoms. The number of carbonyl (C=O) groups is 2. The molecule has 2 amide bonds. The second-order valence-electron chi connectivity index (χ2n) is 4.75. The molecule has 2 heterocycles. The molecule has 0 atom stereocenters. The maximum Gasteiger partial charge on any atom is 0.232 e.